The number of fused-ring (bicyclic) bond motifs is 1. The van der Waals surface area contributed by atoms with E-state index >= 15 is 0 Å². The number of carbonyl (C=O) groups excluding carboxylic acids is 1. The molecule has 0 atom stereocenters. The van der Waals surface area contributed by atoms with Crippen molar-refractivity contribution >= 4 is 17.5 Å². The number of anilines is 2. The van der Waals surface area contributed by atoms with Gasteiger partial charge in [0.05, 0.1) is 17.9 Å². The summed E-state index contributed by atoms with van der Waals surface area (Å²) in [5.41, 5.74) is 2.87. The third-order valence-electron chi connectivity index (χ3n) is 3.21. The summed E-state index contributed by atoms with van der Waals surface area (Å²) in [4.78, 5) is 16.0. The average molecular weight is 272 g/mol. The molecule has 0 unspecified atom stereocenters. The number of benzene rings is 1. The Kier molecular flexibility index (Phi) is 3.10. The molecule has 3 rings (SSSR count). The number of halogens is 1. The fraction of sp³-hybridized carbons (Fsp3) is 0.200. The Balaban J connectivity index is 1.93. The number of cyclic esters (lactones) is 1. The molecule has 0 aliphatic carbocycles. The first-order valence-electron chi connectivity index (χ1n) is 6.34. The number of pyridine rings is 1. The predicted molar refractivity (Wildman–Crippen MR) is 72.6 cm³/mol. The lowest BCUT2D eigenvalue weighted by atomic mass is 10.0. The number of esters is 1. The summed E-state index contributed by atoms with van der Waals surface area (Å²) in [5, 5.41) is 3.11. The van der Waals surface area contributed by atoms with Crippen LogP contribution in [0.25, 0.3) is 0 Å². The van der Waals surface area contributed by atoms with Gasteiger partial charge in [0.25, 0.3) is 0 Å². The largest absolute Gasteiger partial charge is 0.462 e. The van der Waals surface area contributed by atoms with Crippen LogP contribution in [-0.2, 0) is 11.2 Å². The van der Waals surface area contributed by atoms with Gasteiger partial charge in [-0.1, -0.05) is 0 Å². The van der Waals surface area contributed by atoms with Gasteiger partial charge in [0, 0.05) is 12.1 Å². The zero-order valence-corrected chi connectivity index (χ0v) is 10.9. The number of nitrogens with zero attached hydrogens (tertiary/aromatic N) is 1. The van der Waals surface area contributed by atoms with E-state index in [1.54, 1.807) is 19.1 Å². The van der Waals surface area contributed by atoms with Gasteiger partial charge in [0.2, 0.25) is 0 Å². The summed E-state index contributed by atoms with van der Waals surface area (Å²) in [7, 11) is 0. The molecule has 102 valence electrons. The molecule has 0 bridgehead atoms. The number of rotatable bonds is 2. The number of nitrogens with one attached hydrogen (secondary N) is 1. The summed E-state index contributed by atoms with van der Waals surface area (Å²) in [6, 6.07) is 7.88. The van der Waals surface area contributed by atoms with Gasteiger partial charge in [-0.15, -0.1) is 0 Å². The molecule has 1 aliphatic heterocycles. The van der Waals surface area contributed by atoms with Gasteiger partial charge in [-0.05, 0) is 42.8 Å². The van der Waals surface area contributed by atoms with Crippen molar-refractivity contribution in [1.82, 2.24) is 4.98 Å². The molecule has 2 heterocycles. The summed E-state index contributed by atoms with van der Waals surface area (Å²) < 4.78 is 17.9. The highest BCUT2D eigenvalue weighted by atomic mass is 19.1. The van der Waals surface area contributed by atoms with Crippen molar-refractivity contribution < 1.29 is 13.9 Å². The molecule has 0 fully saturated rings. The molecule has 0 spiro atoms. The van der Waals surface area contributed by atoms with Crippen LogP contribution >= 0.6 is 0 Å². The number of hydrogen-bond acceptors (Lipinski definition) is 4. The molecule has 1 aromatic carbocycles. The minimum Gasteiger partial charge on any atom is -0.462 e. The first-order valence-corrected chi connectivity index (χ1v) is 6.34. The molecular formula is C15H13FN2O2. The van der Waals surface area contributed by atoms with E-state index in [-0.39, 0.29) is 11.8 Å². The van der Waals surface area contributed by atoms with Gasteiger partial charge in [-0.2, -0.15) is 0 Å². The molecule has 0 amide bonds. The van der Waals surface area contributed by atoms with E-state index in [9.17, 15) is 9.18 Å². The van der Waals surface area contributed by atoms with Gasteiger partial charge >= 0.3 is 5.97 Å². The summed E-state index contributed by atoms with van der Waals surface area (Å²) >= 11 is 0. The molecule has 5 heteroatoms. The monoisotopic (exact) mass is 272 g/mol. The van der Waals surface area contributed by atoms with E-state index in [0.717, 1.165) is 11.3 Å². The van der Waals surface area contributed by atoms with E-state index in [1.807, 2.05) is 6.07 Å². The lowest BCUT2D eigenvalue weighted by molar-refractivity contribution is 0.0478. The van der Waals surface area contributed by atoms with Crippen LogP contribution in [0, 0.1) is 12.7 Å². The van der Waals surface area contributed by atoms with Crippen molar-refractivity contribution in [3.05, 3.63) is 53.0 Å². The van der Waals surface area contributed by atoms with Crippen molar-refractivity contribution in [2.45, 2.75) is 13.3 Å². The minimum atomic E-state index is -0.315. The Hall–Kier alpha value is -2.43. The number of aromatic nitrogens is 1. The van der Waals surface area contributed by atoms with E-state index in [1.165, 1.54) is 12.1 Å². The van der Waals surface area contributed by atoms with Crippen LogP contribution in [0.5, 0.6) is 0 Å². The molecule has 0 radical (unpaired) electrons. The smallest absolute Gasteiger partial charge is 0.340 e. The van der Waals surface area contributed by atoms with Crippen molar-refractivity contribution in [1.29, 1.82) is 0 Å². The second kappa shape index (κ2) is 4.92. The second-order valence-electron chi connectivity index (χ2n) is 4.64. The van der Waals surface area contributed by atoms with E-state index in [4.69, 9.17) is 4.74 Å². The van der Waals surface area contributed by atoms with Crippen molar-refractivity contribution in [2.75, 3.05) is 11.9 Å². The maximum absolute atomic E-state index is 12.9. The van der Waals surface area contributed by atoms with Crippen molar-refractivity contribution in [3.8, 4) is 0 Å². The highest BCUT2D eigenvalue weighted by molar-refractivity contribution is 5.93. The third-order valence-corrected chi connectivity index (χ3v) is 3.21. The Morgan fingerprint density at radius 3 is 2.80 bits per heavy atom. The van der Waals surface area contributed by atoms with Crippen LogP contribution in [0.2, 0.25) is 0 Å². The van der Waals surface area contributed by atoms with Gasteiger partial charge < -0.3 is 10.1 Å². The van der Waals surface area contributed by atoms with Crippen LogP contribution in [-0.4, -0.2) is 17.6 Å². The molecule has 20 heavy (non-hydrogen) atoms. The Morgan fingerprint density at radius 2 is 2.05 bits per heavy atom. The molecular weight excluding hydrogens is 259 g/mol. The second-order valence-corrected chi connectivity index (χ2v) is 4.64. The molecule has 4 nitrogen and oxygen atoms in total. The third kappa shape index (κ3) is 2.34. The van der Waals surface area contributed by atoms with Crippen LogP contribution in [0.3, 0.4) is 0 Å². The van der Waals surface area contributed by atoms with Crippen LogP contribution in [0.4, 0.5) is 15.9 Å². The summed E-state index contributed by atoms with van der Waals surface area (Å²) in [6.07, 6.45) is 0.683. The van der Waals surface area contributed by atoms with Gasteiger partial charge in [0.15, 0.2) is 0 Å². The highest BCUT2D eigenvalue weighted by Gasteiger charge is 2.22. The van der Waals surface area contributed by atoms with Crippen molar-refractivity contribution in [3.63, 3.8) is 0 Å². The maximum atomic E-state index is 12.9. The number of hydrogen-bond donors (Lipinski definition) is 1. The maximum Gasteiger partial charge on any atom is 0.340 e. The first-order chi connectivity index (χ1) is 9.63. The predicted octanol–water partition coefficient (Wildman–Crippen LogP) is 2.99. The van der Waals surface area contributed by atoms with E-state index in [2.05, 4.69) is 10.3 Å². The normalized spacial score (nSPS) is 13.6. The fourth-order valence-electron chi connectivity index (χ4n) is 2.29. The van der Waals surface area contributed by atoms with E-state index in [0.29, 0.717) is 30.1 Å². The SMILES string of the molecule is Cc1nc(Nc2ccc(F)cc2)cc2c1C(=O)OCC2. The van der Waals surface area contributed by atoms with Gasteiger partial charge in [-0.25, -0.2) is 14.2 Å². The average Bonchev–Trinajstić information content (AvgIpc) is 2.41. The van der Waals surface area contributed by atoms with Crippen LogP contribution in [0.1, 0.15) is 21.6 Å². The van der Waals surface area contributed by atoms with Gasteiger partial charge in [0.1, 0.15) is 11.6 Å². The summed E-state index contributed by atoms with van der Waals surface area (Å²) in [5.74, 6) is 0.0417. The molecule has 1 aromatic heterocycles. The summed E-state index contributed by atoms with van der Waals surface area (Å²) in [6.45, 7) is 2.17. The zero-order chi connectivity index (χ0) is 14.1. The minimum absolute atomic E-state index is 0.284. The van der Waals surface area contributed by atoms with Crippen molar-refractivity contribution in [2.24, 2.45) is 0 Å². The lowest BCUT2D eigenvalue weighted by Gasteiger charge is -2.18. The lowest BCUT2D eigenvalue weighted by Crippen LogP contribution is -2.20. The Bertz CT molecular complexity index is 668. The highest BCUT2D eigenvalue weighted by Crippen LogP contribution is 2.24. The fourth-order valence-corrected chi connectivity index (χ4v) is 2.29. The molecule has 1 N–H and O–H groups in total. The molecule has 0 saturated carbocycles. The van der Waals surface area contributed by atoms with Crippen LogP contribution < -0.4 is 5.32 Å². The number of aryl methyl sites for hydroxylation is 1. The Labute approximate surface area is 115 Å². The molecule has 2 aromatic rings. The first kappa shape index (κ1) is 12.6. The van der Waals surface area contributed by atoms with Gasteiger partial charge in [-0.3, -0.25) is 0 Å². The number of carbonyl (C=O) groups is 1. The van der Waals surface area contributed by atoms with E-state index < -0.39 is 0 Å². The Morgan fingerprint density at radius 1 is 1.30 bits per heavy atom. The molecule has 1 aliphatic rings. The zero-order valence-electron chi connectivity index (χ0n) is 10.9. The topological polar surface area (TPSA) is 51.2 Å². The quantitative estimate of drug-likeness (QED) is 0.854. The van der Waals surface area contributed by atoms with Crippen LogP contribution in [0.15, 0.2) is 30.3 Å². The number of ether oxygens (including phenoxy) is 1. The molecule has 0 saturated heterocycles. The standard InChI is InChI=1S/C15H13FN2O2/c1-9-14-10(6-7-20-15(14)19)8-13(17-9)18-12-4-2-11(16)3-5-12/h2-5,8H,6-7H2,1H3,(H,17,18).